The first-order valence-electron chi connectivity index (χ1n) is 7.83. The molecule has 5 atom stereocenters. The van der Waals surface area contributed by atoms with Crippen LogP contribution in [0.25, 0.3) is 0 Å². The lowest BCUT2D eigenvalue weighted by atomic mass is 9.47. The zero-order valence-electron chi connectivity index (χ0n) is 12.0. The molecule has 22 heavy (non-hydrogen) atoms. The van der Waals surface area contributed by atoms with Crippen LogP contribution in [0.4, 0.5) is 0 Å². The number of hydrogen-bond acceptors (Lipinski definition) is 4. The van der Waals surface area contributed by atoms with Crippen LogP contribution in [-0.4, -0.2) is 28.0 Å². The fourth-order valence-corrected chi connectivity index (χ4v) is 5.78. The van der Waals surface area contributed by atoms with Gasteiger partial charge in [0.1, 0.15) is 12.2 Å². The smallest absolute Gasteiger partial charge is 0.192 e. The van der Waals surface area contributed by atoms with Crippen molar-refractivity contribution < 1.29 is 18.0 Å². The van der Waals surface area contributed by atoms with Crippen LogP contribution in [0.5, 0.6) is 11.5 Å². The molecule has 4 nitrogen and oxygen atoms in total. The van der Waals surface area contributed by atoms with E-state index in [2.05, 4.69) is 6.07 Å². The van der Waals surface area contributed by atoms with E-state index in [-0.39, 0.29) is 5.92 Å². The Hall–Kier alpha value is -0.790. The third kappa shape index (κ3) is 1.29. The topological polar surface area (TPSA) is 58.9 Å². The molecule has 116 valence electrons. The molecular weight excluding hydrogens is 395 g/mol. The molecule has 1 aliphatic heterocycles. The molecule has 1 fully saturated rings. The van der Waals surface area contributed by atoms with Crippen LogP contribution in [0.1, 0.15) is 30.4 Å². The van der Waals surface area contributed by atoms with E-state index < -0.39 is 23.2 Å². The van der Waals surface area contributed by atoms with E-state index in [0.717, 1.165) is 37.0 Å². The second kappa shape index (κ2) is 4.19. The van der Waals surface area contributed by atoms with Crippen LogP contribution in [-0.2, 0) is 11.8 Å². The van der Waals surface area contributed by atoms with Crippen molar-refractivity contribution in [2.45, 2.75) is 48.9 Å². The SMILES string of the molecule is OC1C=CC2(O)[C@@H]3CCC[C@@]24c2c(ccc(OI)c2OC14)C3. The number of halogens is 1. The summed E-state index contributed by atoms with van der Waals surface area (Å²) >= 11 is 1.86. The van der Waals surface area contributed by atoms with Gasteiger partial charge < -0.3 is 18.0 Å². The van der Waals surface area contributed by atoms with Crippen LogP contribution in [0.2, 0.25) is 0 Å². The molecule has 1 aromatic rings. The molecule has 3 unspecified atom stereocenters. The number of hydrogen-bond donors (Lipinski definition) is 2. The van der Waals surface area contributed by atoms with E-state index in [1.54, 1.807) is 6.08 Å². The van der Waals surface area contributed by atoms with Crippen molar-refractivity contribution in [1.82, 2.24) is 0 Å². The van der Waals surface area contributed by atoms with Gasteiger partial charge in [0.05, 0.1) is 11.0 Å². The summed E-state index contributed by atoms with van der Waals surface area (Å²) in [6, 6.07) is 4.04. The van der Waals surface area contributed by atoms with Gasteiger partial charge in [-0.15, -0.1) is 0 Å². The second-order valence-corrected chi connectivity index (χ2v) is 7.42. The Balaban J connectivity index is 1.88. The molecule has 1 spiro atoms. The van der Waals surface area contributed by atoms with Crippen molar-refractivity contribution in [2.75, 3.05) is 0 Å². The Morgan fingerprint density at radius 2 is 2.23 bits per heavy atom. The monoisotopic (exact) mass is 412 g/mol. The minimum absolute atomic E-state index is 0.195. The van der Waals surface area contributed by atoms with Crippen LogP contribution >= 0.6 is 23.0 Å². The van der Waals surface area contributed by atoms with Gasteiger partial charge >= 0.3 is 0 Å². The van der Waals surface area contributed by atoms with E-state index in [4.69, 9.17) is 7.80 Å². The van der Waals surface area contributed by atoms with E-state index in [0.29, 0.717) is 5.75 Å². The first kappa shape index (κ1) is 13.6. The Kier molecular flexibility index (Phi) is 2.59. The lowest BCUT2D eigenvalue weighted by Gasteiger charge is -2.58. The summed E-state index contributed by atoms with van der Waals surface area (Å²) in [4.78, 5) is 0. The van der Waals surface area contributed by atoms with Crippen molar-refractivity contribution in [2.24, 2.45) is 5.92 Å². The fourth-order valence-electron chi connectivity index (χ4n) is 5.43. The number of aliphatic hydroxyl groups excluding tert-OH is 1. The summed E-state index contributed by atoms with van der Waals surface area (Å²) in [5.74, 6) is 1.60. The van der Waals surface area contributed by atoms with Gasteiger partial charge in [-0.1, -0.05) is 24.6 Å². The molecule has 0 radical (unpaired) electrons. The van der Waals surface area contributed by atoms with E-state index in [1.807, 2.05) is 35.1 Å². The second-order valence-electron chi connectivity index (χ2n) is 6.98. The van der Waals surface area contributed by atoms with Crippen LogP contribution in [0.15, 0.2) is 24.3 Å². The van der Waals surface area contributed by atoms with Crippen LogP contribution < -0.4 is 7.80 Å². The molecule has 1 saturated carbocycles. The fraction of sp³-hybridized carbons (Fsp3) is 0.529. The van der Waals surface area contributed by atoms with Crippen molar-refractivity contribution in [3.63, 3.8) is 0 Å². The molecular formula is C17H17IO4. The van der Waals surface area contributed by atoms with Crippen molar-refractivity contribution in [3.05, 3.63) is 35.4 Å². The molecule has 1 aromatic carbocycles. The van der Waals surface area contributed by atoms with E-state index in [1.165, 1.54) is 5.56 Å². The predicted molar refractivity (Wildman–Crippen MR) is 88.3 cm³/mol. The largest absolute Gasteiger partial charge is 0.482 e. The Morgan fingerprint density at radius 3 is 3.05 bits per heavy atom. The van der Waals surface area contributed by atoms with Gasteiger partial charge in [0.2, 0.25) is 0 Å². The first-order valence-corrected chi connectivity index (χ1v) is 8.71. The Morgan fingerprint density at radius 1 is 1.36 bits per heavy atom. The molecule has 5 heteroatoms. The molecule has 0 saturated heterocycles. The minimum atomic E-state index is -0.919. The number of benzene rings is 1. The molecule has 3 aliphatic carbocycles. The quantitative estimate of drug-likeness (QED) is 0.550. The standard InChI is InChI=1S/C17H17IO4/c18-22-12-4-3-9-8-10-2-1-6-16-13(9)14(12)21-15(16)11(19)5-7-17(10,16)20/h3-5,7,10-11,15,19-20H,1-2,6,8H2/t10-,11?,15?,16+,17?/m1/s1. The highest BCUT2D eigenvalue weighted by Crippen LogP contribution is 2.66. The van der Waals surface area contributed by atoms with Gasteiger partial charge in [-0.25, -0.2) is 0 Å². The van der Waals surface area contributed by atoms with Gasteiger partial charge in [-0.2, -0.15) is 0 Å². The maximum atomic E-state index is 11.6. The number of rotatable bonds is 1. The third-order valence-electron chi connectivity index (χ3n) is 6.25. The van der Waals surface area contributed by atoms with Crippen LogP contribution in [0.3, 0.4) is 0 Å². The van der Waals surface area contributed by atoms with Crippen molar-refractivity contribution in [1.29, 1.82) is 0 Å². The Bertz CT molecular complexity index is 702. The summed E-state index contributed by atoms with van der Waals surface area (Å²) in [5.41, 5.74) is 0.871. The molecule has 1 heterocycles. The lowest BCUT2D eigenvalue weighted by molar-refractivity contribution is -0.137. The molecule has 4 aliphatic rings. The zero-order valence-corrected chi connectivity index (χ0v) is 14.1. The third-order valence-corrected chi connectivity index (χ3v) is 6.73. The number of aliphatic hydroxyl groups is 2. The van der Waals surface area contributed by atoms with Gasteiger partial charge in [-0.05, 0) is 36.8 Å². The van der Waals surface area contributed by atoms with Crippen molar-refractivity contribution >= 4 is 23.0 Å². The maximum Gasteiger partial charge on any atom is 0.192 e. The molecule has 5 rings (SSSR count). The van der Waals surface area contributed by atoms with Gasteiger partial charge in [0, 0.05) is 5.56 Å². The lowest BCUT2D eigenvalue weighted by Crippen LogP contribution is -2.68. The maximum absolute atomic E-state index is 11.6. The zero-order chi connectivity index (χ0) is 15.1. The minimum Gasteiger partial charge on any atom is -0.482 e. The van der Waals surface area contributed by atoms with E-state index >= 15 is 0 Å². The predicted octanol–water partition coefficient (Wildman–Crippen LogP) is 2.43. The summed E-state index contributed by atoms with van der Waals surface area (Å²) < 4.78 is 11.6. The van der Waals surface area contributed by atoms with Crippen LogP contribution in [0, 0.1) is 5.92 Å². The highest BCUT2D eigenvalue weighted by atomic mass is 127. The van der Waals surface area contributed by atoms with Gasteiger partial charge in [0.25, 0.3) is 0 Å². The summed E-state index contributed by atoms with van der Waals surface area (Å²) in [6.07, 6.45) is 6.22. The number of ether oxygens (including phenoxy) is 1. The first-order chi connectivity index (χ1) is 10.6. The average molecular weight is 412 g/mol. The summed E-state index contributed by atoms with van der Waals surface area (Å²) in [7, 11) is 0. The Labute approximate surface area is 142 Å². The van der Waals surface area contributed by atoms with E-state index in [9.17, 15) is 10.2 Å². The molecule has 0 aromatic heterocycles. The van der Waals surface area contributed by atoms with Crippen molar-refractivity contribution in [3.8, 4) is 11.5 Å². The molecule has 0 amide bonds. The summed E-state index contributed by atoms with van der Waals surface area (Å²) in [5, 5.41) is 22.1. The normalized spacial score (nSPS) is 43.5. The highest BCUT2D eigenvalue weighted by molar-refractivity contribution is 14.1. The molecule has 2 bridgehead atoms. The molecule has 2 N–H and O–H groups in total. The average Bonchev–Trinajstić information content (AvgIpc) is 2.85. The van der Waals surface area contributed by atoms with Gasteiger partial charge in [-0.3, -0.25) is 0 Å². The summed E-state index contributed by atoms with van der Waals surface area (Å²) in [6.45, 7) is 0. The van der Waals surface area contributed by atoms with Gasteiger partial charge in [0.15, 0.2) is 34.5 Å². The highest BCUT2D eigenvalue weighted by Gasteiger charge is 2.70.